The van der Waals surface area contributed by atoms with Crippen molar-refractivity contribution < 1.29 is 14.5 Å². The van der Waals surface area contributed by atoms with Crippen molar-refractivity contribution in [2.75, 3.05) is 16.4 Å². The van der Waals surface area contributed by atoms with E-state index < -0.39 is 4.92 Å². The van der Waals surface area contributed by atoms with E-state index in [0.29, 0.717) is 16.4 Å². The van der Waals surface area contributed by atoms with Crippen molar-refractivity contribution in [3.8, 4) is 0 Å². The fourth-order valence-electron chi connectivity index (χ4n) is 2.67. The highest BCUT2D eigenvalue weighted by atomic mass is 35.5. The van der Waals surface area contributed by atoms with Gasteiger partial charge in [-0.15, -0.1) is 11.8 Å². The van der Waals surface area contributed by atoms with Crippen molar-refractivity contribution in [1.82, 2.24) is 0 Å². The van der Waals surface area contributed by atoms with Gasteiger partial charge >= 0.3 is 0 Å². The smallest absolute Gasteiger partial charge is 0.269 e. The van der Waals surface area contributed by atoms with Crippen molar-refractivity contribution in [3.05, 3.63) is 93.5 Å². The molecule has 3 aromatic carbocycles. The lowest BCUT2D eigenvalue weighted by molar-refractivity contribution is -0.384. The van der Waals surface area contributed by atoms with Gasteiger partial charge in [0.25, 0.3) is 5.69 Å². The fraction of sp³-hybridized carbons (Fsp3) is 0.0909. The summed E-state index contributed by atoms with van der Waals surface area (Å²) in [6.45, 7) is 0. The highest BCUT2D eigenvalue weighted by molar-refractivity contribution is 8.00. The Kier molecular flexibility index (Phi) is 7.64. The minimum Gasteiger partial charge on any atom is -0.326 e. The first kappa shape index (κ1) is 22.3. The highest BCUT2D eigenvalue weighted by Gasteiger charge is 2.09. The van der Waals surface area contributed by atoms with E-state index in [9.17, 15) is 19.7 Å². The van der Waals surface area contributed by atoms with E-state index in [1.165, 1.54) is 36.0 Å². The molecular weight excluding hydrogens is 438 g/mol. The average Bonchev–Trinajstić information content (AvgIpc) is 2.74. The van der Waals surface area contributed by atoms with Gasteiger partial charge in [0.2, 0.25) is 11.8 Å². The van der Waals surface area contributed by atoms with Gasteiger partial charge in [-0.05, 0) is 48.0 Å². The largest absolute Gasteiger partial charge is 0.326 e. The van der Waals surface area contributed by atoms with Crippen molar-refractivity contribution >= 4 is 52.2 Å². The van der Waals surface area contributed by atoms with Crippen LogP contribution in [0.3, 0.4) is 0 Å². The van der Waals surface area contributed by atoms with Gasteiger partial charge in [-0.3, -0.25) is 19.7 Å². The van der Waals surface area contributed by atoms with Crippen molar-refractivity contribution in [2.24, 2.45) is 0 Å². The summed E-state index contributed by atoms with van der Waals surface area (Å²) in [5.41, 5.74) is 1.94. The maximum absolute atomic E-state index is 12.3. The number of nitrogens with zero attached hydrogens (tertiary/aromatic N) is 1. The zero-order valence-electron chi connectivity index (χ0n) is 16.2. The number of amides is 2. The maximum Gasteiger partial charge on any atom is 0.269 e. The van der Waals surface area contributed by atoms with Gasteiger partial charge in [0.05, 0.1) is 17.1 Å². The minimum absolute atomic E-state index is 0.0395. The monoisotopic (exact) mass is 455 g/mol. The van der Waals surface area contributed by atoms with E-state index >= 15 is 0 Å². The van der Waals surface area contributed by atoms with E-state index in [4.69, 9.17) is 11.6 Å². The Labute approximate surface area is 188 Å². The third-order valence-corrected chi connectivity index (χ3v) is 5.37. The van der Waals surface area contributed by atoms with Crippen LogP contribution in [0.4, 0.5) is 17.1 Å². The first-order valence-electron chi connectivity index (χ1n) is 9.20. The van der Waals surface area contributed by atoms with Crippen molar-refractivity contribution in [3.63, 3.8) is 0 Å². The number of nitrogens with one attached hydrogen (secondary N) is 2. The molecular formula is C22H18ClN3O4S. The Bertz CT molecular complexity index is 1090. The molecule has 0 fully saturated rings. The molecule has 0 aliphatic heterocycles. The summed E-state index contributed by atoms with van der Waals surface area (Å²) in [5.74, 6) is -0.240. The van der Waals surface area contributed by atoms with Crippen LogP contribution >= 0.6 is 23.4 Å². The predicted octanol–water partition coefficient (Wildman–Crippen LogP) is 5.16. The molecule has 31 heavy (non-hydrogen) atoms. The number of carbonyl (C=O) groups is 2. The number of nitro benzene ring substituents is 1. The molecule has 9 heteroatoms. The molecule has 0 spiro atoms. The number of halogens is 1. The van der Waals surface area contributed by atoms with Crippen LogP contribution < -0.4 is 10.6 Å². The Morgan fingerprint density at radius 2 is 1.58 bits per heavy atom. The number of anilines is 2. The normalized spacial score (nSPS) is 10.4. The molecule has 2 amide bonds. The molecule has 7 nitrogen and oxygen atoms in total. The molecule has 2 N–H and O–H groups in total. The Morgan fingerprint density at radius 1 is 0.903 bits per heavy atom. The topological polar surface area (TPSA) is 101 Å². The number of carbonyl (C=O) groups excluding carboxylic acids is 2. The first-order chi connectivity index (χ1) is 14.9. The summed E-state index contributed by atoms with van der Waals surface area (Å²) in [6.07, 6.45) is 0.228. The number of hydrogen-bond donors (Lipinski definition) is 2. The molecule has 0 atom stereocenters. The summed E-state index contributed by atoms with van der Waals surface area (Å²) in [5, 5.41) is 16.8. The number of nitro groups is 1. The molecule has 0 aliphatic rings. The minimum atomic E-state index is -0.497. The molecule has 0 radical (unpaired) electrons. The lowest BCUT2D eigenvalue weighted by Crippen LogP contribution is -2.15. The molecule has 158 valence electrons. The van der Waals surface area contributed by atoms with Crippen LogP contribution in [-0.4, -0.2) is 22.5 Å². The van der Waals surface area contributed by atoms with Crippen LogP contribution in [0.15, 0.2) is 77.7 Å². The van der Waals surface area contributed by atoms with Crippen LogP contribution in [0, 0.1) is 10.1 Å². The summed E-state index contributed by atoms with van der Waals surface area (Å²) in [7, 11) is 0. The van der Waals surface area contributed by atoms with Crippen LogP contribution in [0.1, 0.15) is 5.56 Å². The highest BCUT2D eigenvalue weighted by Crippen LogP contribution is 2.23. The summed E-state index contributed by atoms with van der Waals surface area (Å²) < 4.78 is 0. The molecule has 0 aliphatic carbocycles. The predicted molar refractivity (Wildman–Crippen MR) is 123 cm³/mol. The molecule has 0 saturated heterocycles. The fourth-order valence-corrected chi connectivity index (χ4v) is 3.55. The third-order valence-electron chi connectivity index (χ3n) is 4.13. The zero-order valence-corrected chi connectivity index (χ0v) is 17.8. The lowest BCUT2D eigenvalue weighted by atomic mass is 10.1. The van der Waals surface area contributed by atoms with Crippen LogP contribution in [0.2, 0.25) is 5.02 Å². The van der Waals surface area contributed by atoms with Gasteiger partial charge < -0.3 is 10.6 Å². The lowest BCUT2D eigenvalue weighted by Gasteiger charge is -2.08. The van der Waals surface area contributed by atoms with Crippen LogP contribution in [0.5, 0.6) is 0 Å². The molecule has 0 unspecified atom stereocenters. The molecule has 0 bridgehead atoms. The van der Waals surface area contributed by atoms with Gasteiger partial charge in [-0.25, -0.2) is 0 Å². The summed E-state index contributed by atoms with van der Waals surface area (Å²) in [4.78, 5) is 35.4. The molecule has 3 aromatic rings. The van der Waals surface area contributed by atoms with Crippen molar-refractivity contribution in [2.45, 2.75) is 11.3 Å². The first-order valence-corrected chi connectivity index (χ1v) is 10.6. The summed E-state index contributed by atoms with van der Waals surface area (Å²) in [6, 6.07) is 19.9. The van der Waals surface area contributed by atoms with E-state index in [-0.39, 0.29) is 29.7 Å². The second-order valence-corrected chi connectivity index (χ2v) is 8.01. The molecule has 3 rings (SSSR count). The van der Waals surface area contributed by atoms with Gasteiger partial charge in [0, 0.05) is 33.4 Å². The molecule has 0 aromatic heterocycles. The third kappa shape index (κ3) is 7.13. The van der Waals surface area contributed by atoms with E-state index in [2.05, 4.69) is 10.6 Å². The molecule has 0 heterocycles. The number of non-ortho nitro benzene ring substituents is 1. The van der Waals surface area contributed by atoms with Gasteiger partial charge in [-0.2, -0.15) is 0 Å². The second kappa shape index (κ2) is 10.6. The summed E-state index contributed by atoms with van der Waals surface area (Å²) >= 11 is 7.17. The number of rotatable bonds is 8. The Hall–Kier alpha value is -3.36. The van der Waals surface area contributed by atoms with Gasteiger partial charge in [-0.1, -0.05) is 29.8 Å². The molecule has 0 saturated carbocycles. The van der Waals surface area contributed by atoms with Crippen molar-refractivity contribution in [1.29, 1.82) is 0 Å². The second-order valence-electron chi connectivity index (χ2n) is 6.52. The Morgan fingerprint density at radius 3 is 2.26 bits per heavy atom. The van der Waals surface area contributed by atoms with Gasteiger partial charge in [0.1, 0.15) is 0 Å². The standard InChI is InChI=1S/C22H18ClN3O4S/c23-16-6-4-15(5-7-16)12-21(27)25-18-2-1-3-20(13-18)31-14-22(28)24-17-8-10-19(11-9-17)26(29)30/h1-11,13H,12,14H2,(H,24,28)(H,25,27). The number of hydrogen-bond acceptors (Lipinski definition) is 5. The average molecular weight is 456 g/mol. The van der Waals surface area contributed by atoms with Gasteiger partial charge in [0.15, 0.2) is 0 Å². The quantitative estimate of drug-likeness (QED) is 0.277. The van der Waals surface area contributed by atoms with E-state index in [1.807, 2.05) is 6.07 Å². The zero-order chi connectivity index (χ0) is 22.2. The SMILES string of the molecule is O=C(CSc1cccc(NC(=O)Cc2ccc(Cl)cc2)c1)Nc1ccc([N+](=O)[O-])cc1. The number of thioether (sulfide) groups is 1. The van der Waals surface area contributed by atoms with E-state index in [1.54, 1.807) is 42.5 Å². The Balaban J connectivity index is 1.50. The maximum atomic E-state index is 12.3. The number of benzene rings is 3. The van der Waals surface area contributed by atoms with E-state index in [0.717, 1.165) is 10.5 Å². The van der Waals surface area contributed by atoms with Crippen LogP contribution in [-0.2, 0) is 16.0 Å². The van der Waals surface area contributed by atoms with Crippen LogP contribution in [0.25, 0.3) is 0 Å².